The normalized spacial score (nSPS) is 11.2. The van der Waals surface area contributed by atoms with E-state index in [1.807, 2.05) is 13.2 Å². The summed E-state index contributed by atoms with van der Waals surface area (Å²) in [6.45, 7) is 2.24. The lowest BCUT2D eigenvalue weighted by Crippen LogP contribution is -2.44. The average molecular weight is 460 g/mol. The van der Waals surface area contributed by atoms with Crippen LogP contribution in [0.15, 0.2) is 48.5 Å². The van der Waals surface area contributed by atoms with E-state index in [1.54, 1.807) is 60.3 Å². The number of methoxy groups -OCH3 is 1. The Kier molecular flexibility index (Phi) is 10.4. The van der Waals surface area contributed by atoms with Crippen LogP contribution in [-0.4, -0.2) is 56.0 Å². The van der Waals surface area contributed by atoms with Crippen molar-refractivity contribution in [2.45, 2.75) is 19.4 Å². The third-order valence-corrected chi connectivity index (χ3v) is 5.07. The molecule has 32 heavy (non-hydrogen) atoms. The van der Waals surface area contributed by atoms with Crippen molar-refractivity contribution in [3.8, 4) is 11.5 Å². The maximum atomic E-state index is 12.9. The molecule has 0 aliphatic carbocycles. The van der Waals surface area contributed by atoms with Crippen LogP contribution >= 0.6 is 11.8 Å². The number of thioether (sulfide) groups is 1. The maximum absolute atomic E-state index is 12.9. The topological polar surface area (TPSA) is 106 Å². The van der Waals surface area contributed by atoms with Crippen molar-refractivity contribution in [2.75, 3.05) is 37.6 Å². The van der Waals surface area contributed by atoms with Crippen LogP contribution in [0.5, 0.6) is 11.5 Å². The van der Waals surface area contributed by atoms with E-state index in [1.165, 1.54) is 7.11 Å². The van der Waals surface area contributed by atoms with Gasteiger partial charge in [-0.2, -0.15) is 11.8 Å². The minimum absolute atomic E-state index is 0.115. The van der Waals surface area contributed by atoms with Crippen LogP contribution < -0.4 is 25.4 Å². The first-order valence-electron chi connectivity index (χ1n) is 10.2. The highest BCUT2D eigenvalue weighted by Crippen LogP contribution is 2.19. The monoisotopic (exact) mass is 459 g/mol. The van der Waals surface area contributed by atoms with Gasteiger partial charge in [0.25, 0.3) is 11.8 Å². The number of hydrogen-bond acceptors (Lipinski definition) is 6. The molecule has 3 amide bonds. The van der Waals surface area contributed by atoms with Crippen molar-refractivity contribution in [1.29, 1.82) is 0 Å². The number of para-hydroxylation sites is 1. The van der Waals surface area contributed by atoms with Crippen LogP contribution in [0, 0.1) is 0 Å². The number of amides is 3. The molecule has 3 N–H and O–H groups in total. The molecule has 1 atom stereocenters. The van der Waals surface area contributed by atoms with Gasteiger partial charge in [0.05, 0.1) is 12.7 Å². The Bertz CT molecular complexity index is 922. The number of hydrogen-bond donors (Lipinski definition) is 3. The van der Waals surface area contributed by atoms with Gasteiger partial charge < -0.3 is 25.4 Å². The van der Waals surface area contributed by atoms with E-state index in [0.717, 1.165) is 0 Å². The summed E-state index contributed by atoms with van der Waals surface area (Å²) in [4.78, 5) is 37.3. The van der Waals surface area contributed by atoms with Gasteiger partial charge in [0.1, 0.15) is 17.5 Å². The Labute approximate surface area is 192 Å². The van der Waals surface area contributed by atoms with Gasteiger partial charge in [-0.3, -0.25) is 14.4 Å². The summed E-state index contributed by atoms with van der Waals surface area (Å²) in [5, 5.41) is 8.27. The standard InChI is InChI=1S/C23H29N3O5S/c1-4-24-21(27)15-31-17-9-7-8-16(14-17)25-23(29)19(12-13-32-3)26-22(28)18-10-5-6-11-20(18)30-2/h5-11,14,19H,4,12-13,15H2,1-3H3,(H,24,27)(H,25,29)(H,26,28). The molecule has 0 saturated heterocycles. The van der Waals surface area contributed by atoms with Crippen LogP contribution in [-0.2, 0) is 9.59 Å². The molecule has 2 aromatic rings. The molecule has 0 spiro atoms. The fraction of sp³-hybridized carbons (Fsp3) is 0.348. The van der Waals surface area contributed by atoms with E-state index >= 15 is 0 Å². The van der Waals surface area contributed by atoms with Crippen molar-refractivity contribution < 1.29 is 23.9 Å². The summed E-state index contributed by atoms with van der Waals surface area (Å²) in [6.07, 6.45) is 2.40. The third-order valence-electron chi connectivity index (χ3n) is 4.43. The fourth-order valence-electron chi connectivity index (χ4n) is 2.86. The molecule has 0 aliphatic heterocycles. The second-order valence-electron chi connectivity index (χ2n) is 6.77. The van der Waals surface area contributed by atoms with Gasteiger partial charge in [0, 0.05) is 18.3 Å². The van der Waals surface area contributed by atoms with Crippen molar-refractivity contribution in [3.63, 3.8) is 0 Å². The van der Waals surface area contributed by atoms with Crippen LogP contribution in [0.3, 0.4) is 0 Å². The van der Waals surface area contributed by atoms with Crippen LogP contribution in [0.4, 0.5) is 5.69 Å². The van der Waals surface area contributed by atoms with Gasteiger partial charge in [-0.15, -0.1) is 0 Å². The maximum Gasteiger partial charge on any atom is 0.257 e. The Morgan fingerprint density at radius 1 is 1.09 bits per heavy atom. The van der Waals surface area contributed by atoms with Gasteiger partial charge in [0.2, 0.25) is 5.91 Å². The zero-order valence-electron chi connectivity index (χ0n) is 18.5. The van der Waals surface area contributed by atoms with Crippen molar-refractivity contribution in [1.82, 2.24) is 10.6 Å². The summed E-state index contributed by atoms with van der Waals surface area (Å²) >= 11 is 1.59. The molecule has 9 heteroatoms. The molecule has 172 valence electrons. The predicted octanol–water partition coefficient (Wildman–Crippen LogP) is 2.70. The Morgan fingerprint density at radius 2 is 1.88 bits per heavy atom. The molecule has 0 fully saturated rings. The van der Waals surface area contributed by atoms with Gasteiger partial charge >= 0.3 is 0 Å². The van der Waals surface area contributed by atoms with Crippen LogP contribution in [0.1, 0.15) is 23.7 Å². The fourth-order valence-corrected chi connectivity index (χ4v) is 3.33. The summed E-state index contributed by atoms with van der Waals surface area (Å²) < 4.78 is 10.7. The number of benzene rings is 2. The highest BCUT2D eigenvalue weighted by atomic mass is 32.2. The van der Waals surface area contributed by atoms with Gasteiger partial charge in [0.15, 0.2) is 6.61 Å². The van der Waals surface area contributed by atoms with E-state index in [9.17, 15) is 14.4 Å². The molecular weight excluding hydrogens is 430 g/mol. The largest absolute Gasteiger partial charge is 0.496 e. The van der Waals surface area contributed by atoms with Gasteiger partial charge in [-0.1, -0.05) is 18.2 Å². The quantitative estimate of drug-likeness (QED) is 0.451. The first-order valence-corrected chi connectivity index (χ1v) is 11.6. The van der Waals surface area contributed by atoms with Crippen LogP contribution in [0.2, 0.25) is 0 Å². The SMILES string of the molecule is CCNC(=O)COc1cccc(NC(=O)C(CCSC)NC(=O)c2ccccc2OC)c1. The molecule has 0 aromatic heterocycles. The zero-order valence-corrected chi connectivity index (χ0v) is 19.3. The molecule has 8 nitrogen and oxygen atoms in total. The zero-order chi connectivity index (χ0) is 23.3. The van der Waals surface area contributed by atoms with E-state index in [4.69, 9.17) is 9.47 Å². The molecule has 0 bridgehead atoms. The summed E-state index contributed by atoms with van der Waals surface area (Å²) in [5.41, 5.74) is 0.863. The lowest BCUT2D eigenvalue weighted by molar-refractivity contribution is -0.123. The number of likely N-dealkylation sites (N-methyl/N-ethyl adjacent to an activating group) is 1. The Balaban J connectivity index is 2.07. The summed E-state index contributed by atoms with van der Waals surface area (Å²) in [5.74, 6) is 0.628. The highest BCUT2D eigenvalue weighted by Gasteiger charge is 2.23. The second-order valence-corrected chi connectivity index (χ2v) is 7.75. The molecule has 0 heterocycles. The van der Waals surface area contributed by atoms with Crippen molar-refractivity contribution >= 4 is 35.2 Å². The van der Waals surface area contributed by atoms with Crippen molar-refractivity contribution in [3.05, 3.63) is 54.1 Å². The molecular formula is C23H29N3O5S. The molecule has 2 aromatic carbocycles. The molecule has 0 radical (unpaired) electrons. The van der Waals surface area contributed by atoms with E-state index in [2.05, 4.69) is 16.0 Å². The van der Waals surface area contributed by atoms with Crippen LogP contribution in [0.25, 0.3) is 0 Å². The number of rotatable bonds is 12. The third kappa shape index (κ3) is 7.81. The average Bonchev–Trinajstić information content (AvgIpc) is 2.80. The minimum Gasteiger partial charge on any atom is -0.496 e. The molecule has 0 aliphatic rings. The minimum atomic E-state index is -0.736. The molecule has 0 saturated carbocycles. The highest BCUT2D eigenvalue weighted by molar-refractivity contribution is 7.98. The smallest absolute Gasteiger partial charge is 0.257 e. The van der Waals surface area contributed by atoms with E-state index in [0.29, 0.717) is 41.5 Å². The van der Waals surface area contributed by atoms with Gasteiger partial charge in [-0.25, -0.2) is 0 Å². The summed E-state index contributed by atoms with van der Waals surface area (Å²) in [6, 6.07) is 12.9. The first kappa shape index (κ1) is 25.1. The number of ether oxygens (including phenoxy) is 2. The Morgan fingerprint density at radius 3 is 2.59 bits per heavy atom. The first-order chi connectivity index (χ1) is 15.5. The molecule has 2 rings (SSSR count). The summed E-state index contributed by atoms with van der Waals surface area (Å²) in [7, 11) is 1.49. The predicted molar refractivity (Wildman–Crippen MR) is 126 cm³/mol. The number of carbonyl (C=O) groups is 3. The number of carbonyl (C=O) groups excluding carboxylic acids is 3. The van der Waals surface area contributed by atoms with Crippen molar-refractivity contribution in [2.24, 2.45) is 0 Å². The Hall–Kier alpha value is -3.20. The second kappa shape index (κ2) is 13.3. The lowest BCUT2D eigenvalue weighted by Gasteiger charge is -2.19. The lowest BCUT2D eigenvalue weighted by atomic mass is 10.1. The number of anilines is 1. The molecule has 1 unspecified atom stereocenters. The van der Waals surface area contributed by atoms with E-state index < -0.39 is 6.04 Å². The number of nitrogens with one attached hydrogen (secondary N) is 3. The van der Waals surface area contributed by atoms with Gasteiger partial charge in [-0.05, 0) is 49.6 Å². The van der Waals surface area contributed by atoms with E-state index in [-0.39, 0.29) is 24.3 Å².